The second-order valence-electron chi connectivity index (χ2n) is 5.54. The highest BCUT2D eigenvalue weighted by atomic mass is 16.5. The summed E-state index contributed by atoms with van der Waals surface area (Å²) in [4.78, 5) is 25.7. The summed E-state index contributed by atoms with van der Waals surface area (Å²) in [6, 6.07) is 7.20. The van der Waals surface area contributed by atoms with Crippen LogP contribution in [0.25, 0.3) is 0 Å². The second kappa shape index (κ2) is 8.41. The molecule has 6 heteroatoms. The number of hydrogen-bond acceptors (Lipinski definition) is 3. The van der Waals surface area contributed by atoms with Gasteiger partial charge < -0.3 is 20.3 Å². The van der Waals surface area contributed by atoms with Crippen LogP contribution in [-0.4, -0.2) is 49.1 Å². The summed E-state index contributed by atoms with van der Waals surface area (Å²) < 4.78 is 5.58. The van der Waals surface area contributed by atoms with Crippen LogP contribution in [0, 0.1) is 0 Å². The molecule has 0 spiro atoms. The Morgan fingerprint density at radius 3 is 3.00 bits per heavy atom. The van der Waals surface area contributed by atoms with Gasteiger partial charge in [-0.1, -0.05) is 18.2 Å². The number of urea groups is 1. The van der Waals surface area contributed by atoms with Crippen LogP contribution in [0.2, 0.25) is 0 Å². The van der Waals surface area contributed by atoms with Crippen LogP contribution >= 0.6 is 0 Å². The van der Waals surface area contributed by atoms with Crippen molar-refractivity contribution in [2.75, 3.05) is 26.2 Å². The fourth-order valence-electron chi connectivity index (χ4n) is 2.63. The molecule has 1 heterocycles. The zero-order valence-electron chi connectivity index (χ0n) is 13.8. The zero-order valence-corrected chi connectivity index (χ0v) is 13.8. The molecule has 1 aliphatic rings. The summed E-state index contributed by atoms with van der Waals surface area (Å²) >= 11 is 0. The summed E-state index contributed by atoms with van der Waals surface area (Å²) in [6.45, 7) is 6.03. The van der Waals surface area contributed by atoms with Crippen molar-refractivity contribution >= 4 is 11.9 Å². The van der Waals surface area contributed by atoms with Gasteiger partial charge in [0.1, 0.15) is 11.8 Å². The van der Waals surface area contributed by atoms with Gasteiger partial charge in [-0.05, 0) is 38.3 Å². The van der Waals surface area contributed by atoms with E-state index in [1.807, 2.05) is 31.2 Å². The third-order valence-electron chi connectivity index (χ3n) is 3.93. The van der Waals surface area contributed by atoms with Gasteiger partial charge in [0.2, 0.25) is 5.91 Å². The average Bonchev–Trinajstić information content (AvgIpc) is 2.71. The highest BCUT2D eigenvalue weighted by Gasteiger charge is 2.27. The maximum atomic E-state index is 12.3. The Balaban J connectivity index is 1.88. The Kier molecular flexibility index (Phi) is 6.26. The van der Waals surface area contributed by atoms with E-state index in [0.717, 1.165) is 17.7 Å². The van der Waals surface area contributed by atoms with Gasteiger partial charge in [-0.25, -0.2) is 4.79 Å². The van der Waals surface area contributed by atoms with E-state index in [1.54, 1.807) is 11.8 Å². The van der Waals surface area contributed by atoms with Gasteiger partial charge >= 0.3 is 6.03 Å². The molecule has 1 aromatic carbocycles. The van der Waals surface area contributed by atoms with E-state index in [9.17, 15) is 9.59 Å². The lowest BCUT2D eigenvalue weighted by Gasteiger charge is -2.25. The molecule has 1 saturated heterocycles. The summed E-state index contributed by atoms with van der Waals surface area (Å²) in [5.41, 5.74) is 1.07. The molecule has 0 bridgehead atoms. The van der Waals surface area contributed by atoms with Gasteiger partial charge in [0.05, 0.1) is 6.61 Å². The summed E-state index contributed by atoms with van der Waals surface area (Å²) in [6.07, 6.45) is 1.47. The standard InChI is InChI=1S/C17H25N3O3/c1-3-23-15-8-5-4-7-14(15)9-11-19-17(22)20-12-6-10-18-16(21)13(20)2/h4-5,7-8,13H,3,6,9-12H2,1-2H3,(H,18,21)(H,19,22)/t13-/m0/s1. The highest BCUT2D eigenvalue weighted by molar-refractivity contribution is 5.87. The van der Waals surface area contributed by atoms with Crippen molar-refractivity contribution in [3.63, 3.8) is 0 Å². The predicted molar refractivity (Wildman–Crippen MR) is 88.5 cm³/mol. The topological polar surface area (TPSA) is 70.7 Å². The number of nitrogens with one attached hydrogen (secondary N) is 2. The van der Waals surface area contributed by atoms with Crippen LogP contribution in [-0.2, 0) is 11.2 Å². The smallest absolute Gasteiger partial charge is 0.318 e. The van der Waals surface area contributed by atoms with Crippen molar-refractivity contribution in [3.8, 4) is 5.75 Å². The van der Waals surface area contributed by atoms with E-state index >= 15 is 0 Å². The Hall–Kier alpha value is -2.24. The summed E-state index contributed by atoms with van der Waals surface area (Å²) in [5.74, 6) is 0.756. The van der Waals surface area contributed by atoms with Crippen molar-refractivity contribution in [2.45, 2.75) is 32.7 Å². The third-order valence-corrected chi connectivity index (χ3v) is 3.93. The minimum Gasteiger partial charge on any atom is -0.494 e. The van der Waals surface area contributed by atoms with E-state index in [4.69, 9.17) is 4.74 Å². The van der Waals surface area contributed by atoms with Gasteiger partial charge in [0.25, 0.3) is 0 Å². The number of carbonyl (C=O) groups excluding carboxylic acids is 2. The van der Waals surface area contributed by atoms with Crippen molar-refractivity contribution in [3.05, 3.63) is 29.8 Å². The molecule has 2 N–H and O–H groups in total. The fourth-order valence-corrected chi connectivity index (χ4v) is 2.63. The summed E-state index contributed by atoms with van der Waals surface area (Å²) in [7, 11) is 0. The molecule has 6 nitrogen and oxygen atoms in total. The third kappa shape index (κ3) is 4.61. The molecule has 2 rings (SSSR count). The molecular formula is C17H25N3O3. The Morgan fingerprint density at radius 1 is 1.43 bits per heavy atom. The molecule has 0 unspecified atom stereocenters. The number of benzene rings is 1. The molecule has 1 atom stereocenters. The SMILES string of the molecule is CCOc1ccccc1CCNC(=O)N1CCCNC(=O)[C@@H]1C. The van der Waals surface area contributed by atoms with E-state index < -0.39 is 6.04 Å². The largest absolute Gasteiger partial charge is 0.494 e. The molecule has 1 fully saturated rings. The Bertz CT molecular complexity index is 548. The minimum absolute atomic E-state index is 0.0978. The Morgan fingerprint density at radius 2 is 2.22 bits per heavy atom. The number of rotatable bonds is 5. The number of nitrogens with zero attached hydrogens (tertiary/aromatic N) is 1. The van der Waals surface area contributed by atoms with Crippen LogP contribution in [0.15, 0.2) is 24.3 Å². The Labute approximate surface area is 137 Å². The van der Waals surface area contributed by atoms with E-state index in [-0.39, 0.29) is 11.9 Å². The van der Waals surface area contributed by atoms with Crippen LogP contribution in [0.5, 0.6) is 5.75 Å². The molecule has 23 heavy (non-hydrogen) atoms. The number of ether oxygens (including phenoxy) is 1. The average molecular weight is 319 g/mol. The monoisotopic (exact) mass is 319 g/mol. The number of carbonyl (C=O) groups is 2. The summed E-state index contributed by atoms with van der Waals surface area (Å²) in [5, 5.41) is 5.71. The predicted octanol–water partition coefficient (Wildman–Crippen LogP) is 1.55. The molecule has 0 radical (unpaired) electrons. The molecule has 0 aliphatic carbocycles. The molecule has 1 aromatic rings. The molecule has 3 amide bonds. The lowest BCUT2D eigenvalue weighted by Crippen LogP contribution is -2.49. The van der Waals surface area contributed by atoms with Crippen molar-refractivity contribution < 1.29 is 14.3 Å². The van der Waals surface area contributed by atoms with Gasteiger partial charge in [0.15, 0.2) is 0 Å². The lowest BCUT2D eigenvalue weighted by atomic mass is 10.1. The van der Waals surface area contributed by atoms with Crippen molar-refractivity contribution in [1.29, 1.82) is 0 Å². The van der Waals surface area contributed by atoms with Crippen LogP contribution in [0.3, 0.4) is 0 Å². The number of hydrogen-bond donors (Lipinski definition) is 2. The molecular weight excluding hydrogens is 294 g/mol. The fraction of sp³-hybridized carbons (Fsp3) is 0.529. The van der Waals surface area contributed by atoms with E-state index in [2.05, 4.69) is 10.6 Å². The van der Waals surface area contributed by atoms with Gasteiger partial charge in [-0.2, -0.15) is 0 Å². The van der Waals surface area contributed by atoms with Crippen molar-refractivity contribution in [2.24, 2.45) is 0 Å². The maximum absolute atomic E-state index is 12.3. The molecule has 126 valence electrons. The van der Waals surface area contributed by atoms with Crippen LogP contribution in [0.4, 0.5) is 4.79 Å². The maximum Gasteiger partial charge on any atom is 0.318 e. The van der Waals surface area contributed by atoms with Gasteiger partial charge in [-0.3, -0.25) is 4.79 Å². The van der Waals surface area contributed by atoms with Gasteiger partial charge in [0, 0.05) is 19.6 Å². The normalized spacial score (nSPS) is 18.1. The molecule has 0 saturated carbocycles. The van der Waals surface area contributed by atoms with Crippen LogP contribution in [0.1, 0.15) is 25.8 Å². The van der Waals surface area contributed by atoms with Crippen LogP contribution < -0.4 is 15.4 Å². The molecule has 1 aliphatic heterocycles. The van der Waals surface area contributed by atoms with E-state index in [1.165, 1.54) is 0 Å². The number of para-hydroxylation sites is 1. The van der Waals surface area contributed by atoms with Crippen molar-refractivity contribution in [1.82, 2.24) is 15.5 Å². The first-order chi connectivity index (χ1) is 11.1. The first-order valence-electron chi connectivity index (χ1n) is 8.16. The zero-order chi connectivity index (χ0) is 16.7. The minimum atomic E-state index is -0.437. The quantitative estimate of drug-likeness (QED) is 0.865. The molecule has 0 aromatic heterocycles. The van der Waals surface area contributed by atoms with E-state index in [0.29, 0.717) is 32.7 Å². The highest BCUT2D eigenvalue weighted by Crippen LogP contribution is 2.18. The first-order valence-corrected chi connectivity index (χ1v) is 8.16. The van der Waals surface area contributed by atoms with Gasteiger partial charge in [-0.15, -0.1) is 0 Å². The number of amides is 3. The lowest BCUT2D eigenvalue weighted by molar-refractivity contribution is -0.124. The second-order valence-corrected chi connectivity index (χ2v) is 5.54. The first kappa shape index (κ1) is 17.1.